The Bertz CT molecular complexity index is 759. The first kappa shape index (κ1) is 14.7. The molecule has 9 heteroatoms. The van der Waals surface area contributed by atoms with Gasteiger partial charge in [0.05, 0.1) is 5.75 Å². The zero-order valence-electron chi connectivity index (χ0n) is 11.0. The first-order chi connectivity index (χ1) is 10.7. The standard InChI is InChI=1S/C13H9FN4O2S2/c14-9-3-1-8(2-4-9)11-17-18-13(20-11)22-7-10(19)16-12-15-5-6-21-12/h1-6H,7H2,(H,15,16,19). The van der Waals surface area contributed by atoms with E-state index in [4.69, 9.17) is 4.42 Å². The summed E-state index contributed by atoms with van der Waals surface area (Å²) >= 11 is 2.46. The van der Waals surface area contributed by atoms with Gasteiger partial charge in [-0.05, 0) is 24.3 Å². The van der Waals surface area contributed by atoms with E-state index in [1.165, 1.54) is 23.5 Å². The molecule has 0 radical (unpaired) electrons. The van der Waals surface area contributed by atoms with Crippen molar-refractivity contribution in [1.29, 1.82) is 0 Å². The third-order valence-electron chi connectivity index (χ3n) is 2.50. The van der Waals surface area contributed by atoms with Crippen molar-refractivity contribution >= 4 is 34.1 Å². The van der Waals surface area contributed by atoms with Gasteiger partial charge in [0.2, 0.25) is 11.8 Å². The van der Waals surface area contributed by atoms with E-state index in [9.17, 15) is 9.18 Å². The number of carbonyl (C=O) groups is 1. The number of nitrogens with one attached hydrogen (secondary N) is 1. The molecule has 3 aromatic rings. The maximum atomic E-state index is 12.9. The summed E-state index contributed by atoms with van der Waals surface area (Å²) in [7, 11) is 0. The van der Waals surface area contributed by atoms with E-state index >= 15 is 0 Å². The maximum Gasteiger partial charge on any atom is 0.277 e. The highest BCUT2D eigenvalue weighted by molar-refractivity contribution is 7.99. The lowest BCUT2D eigenvalue weighted by Gasteiger charge is -1.98. The minimum Gasteiger partial charge on any atom is -0.411 e. The summed E-state index contributed by atoms with van der Waals surface area (Å²) in [6.45, 7) is 0. The number of halogens is 1. The number of hydrogen-bond acceptors (Lipinski definition) is 7. The molecule has 0 aliphatic rings. The van der Waals surface area contributed by atoms with Gasteiger partial charge >= 0.3 is 0 Å². The predicted octanol–water partition coefficient (Wildman–Crippen LogP) is 3.06. The molecule has 0 saturated heterocycles. The highest BCUT2D eigenvalue weighted by atomic mass is 32.2. The van der Waals surface area contributed by atoms with E-state index in [0.29, 0.717) is 10.7 Å². The summed E-state index contributed by atoms with van der Waals surface area (Å²) in [6.07, 6.45) is 1.61. The Morgan fingerprint density at radius 3 is 2.86 bits per heavy atom. The van der Waals surface area contributed by atoms with E-state index in [-0.39, 0.29) is 28.6 Å². The van der Waals surface area contributed by atoms with Crippen LogP contribution in [0.15, 0.2) is 45.5 Å². The Kier molecular flexibility index (Phi) is 4.45. The highest BCUT2D eigenvalue weighted by Gasteiger charge is 2.12. The maximum absolute atomic E-state index is 12.9. The van der Waals surface area contributed by atoms with Crippen molar-refractivity contribution in [2.75, 3.05) is 11.1 Å². The lowest BCUT2D eigenvalue weighted by atomic mass is 10.2. The Balaban J connectivity index is 1.57. The van der Waals surface area contributed by atoms with Crippen LogP contribution in [0.4, 0.5) is 9.52 Å². The van der Waals surface area contributed by atoms with E-state index in [1.807, 2.05) is 0 Å². The zero-order valence-corrected chi connectivity index (χ0v) is 12.7. The molecule has 0 fully saturated rings. The zero-order chi connectivity index (χ0) is 15.4. The molecule has 0 aliphatic heterocycles. The monoisotopic (exact) mass is 336 g/mol. The fourth-order valence-electron chi connectivity index (χ4n) is 1.55. The minimum absolute atomic E-state index is 0.130. The first-order valence-corrected chi connectivity index (χ1v) is 7.99. The summed E-state index contributed by atoms with van der Waals surface area (Å²) in [5, 5.41) is 13.0. The van der Waals surface area contributed by atoms with Gasteiger partial charge in [-0.2, -0.15) is 0 Å². The molecule has 1 N–H and O–H groups in total. The van der Waals surface area contributed by atoms with Gasteiger partial charge in [0.15, 0.2) is 5.13 Å². The second-order valence-electron chi connectivity index (χ2n) is 4.05. The molecule has 0 bridgehead atoms. The van der Waals surface area contributed by atoms with Crippen molar-refractivity contribution in [2.24, 2.45) is 0 Å². The molecule has 6 nitrogen and oxygen atoms in total. The van der Waals surface area contributed by atoms with Gasteiger partial charge in [-0.1, -0.05) is 11.8 Å². The van der Waals surface area contributed by atoms with Crippen molar-refractivity contribution in [2.45, 2.75) is 5.22 Å². The molecule has 2 aromatic heterocycles. The quantitative estimate of drug-likeness (QED) is 0.721. The smallest absolute Gasteiger partial charge is 0.277 e. The molecule has 0 spiro atoms. The number of nitrogens with zero attached hydrogens (tertiary/aromatic N) is 3. The second kappa shape index (κ2) is 6.67. The third kappa shape index (κ3) is 3.68. The van der Waals surface area contributed by atoms with Crippen LogP contribution in [0.25, 0.3) is 11.5 Å². The van der Waals surface area contributed by atoms with E-state index < -0.39 is 0 Å². The molecule has 2 heterocycles. The van der Waals surface area contributed by atoms with Gasteiger partial charge in [0.25, 0.3) is 5.22 Å². The van der Waals surface area contributed by atoms with Crippen LogP contribution in [-0.2, 0) is 4.79 Å². The molecule has 1 aromatic carbocycles. The van der Waals surface area contributed by atoms with Crippen molar-refractivity contribution < 1.29 is 13.6 Å². The van der Waals surface area contributed by atoms with Gasteiger partial charge in [-0.25, -0.2) is 9.37 Å². The molecule has 0 atom stereocenters. The van der Waals surface area contributed by atoms with Crippen LogP contribution in [0.3, 0.4) is 0 Å². The number of thiazole rings is 1. The highest BCUT2D eigenvalue weighted by Crippen LogP contribution is 2.23. The van der Waals surface area contributed by atoms with Crippen LogP contribution in [0.1, 0.15) is 0 Å². The summed E-state index contributed by atoms with van der Waals surface area (Å²) in [4.78, 5) is 15.7. The minimum atomic E-state index is -0.336. The van der Waals surface area contributed by atoms with Crippen LogP contribution < -0.4 is 5.32 Å². The number of amides is 1. The van der Waals surface area contributed by atoms with Gasteiger partial charge in [-0.3, -0.25) is 4.79 Å². The van der Waals surface area contributed by atoms with Crippen LogP contribution in [-0.4, -0.2) is 26.8 Å². The number of rotatable bonds is 5. The molecule has 0 aliphatic carbocycles. The predicted molar refractivity (Wildman–Crippen MR) is 81.2 cm³/mol. The topological polar surface area (TPSA) is 80.9 Å². The van der Waals surface area contributed by atoms with E-state index in [2.05, 4.69) is 20.5 Å². The first-order valence-electron chi connectivity index (χ1n) is 6.12. The summed E-state index contributed by atoms with van der Waals surface area (Å²) < 4.78 is 18.3. The molecular weight excluding hydrogens is 327 g/mol. The summed E-state index contributed by atoms with van der Waals surface area (Å²) in [5.74, 6) is -0.133. The lowest BCUT2D eigenvalue weighted by Crippen LogP contribution is -2.13. The molecule has 0 unspecified atom stereocenters. The molecule has 3 rings (SSSR count). The van der Waals surface area contributed by atoms with Crippen LogP contribution in [0, 0.1) is 5.82 Å². The van der Waals surface area contributed by atoms with Crippen molar-refractivity contribution in [3.8, 4) is 11.5 Å². The number of benzene rings is 1. The average molecular weight is 336 g/mol. The Hall–Kier alpha value is -2.26. The van der Waals surface area contributed by atoms with Crippen LogP contribution in [0.2, 0.25) is 0 Å². The van der Waals surface area contributed by atoms with Crippen molar-refractivity contribution in [3.63, 3.8) is 0 Å². The number of hydrogen-bond donors (Lipinski definition) is 1. The van der Waals surface area contributed by atoms with Crippen molar-refractivity contribution in [3.05, 3.63) is 41.7 Å². The number of carbonyl (C=O) groups excluding carboxylic acids is 1. The fourth-order valence-corrected chi connectivity index (χ4v) is 2.65. The van der Waals surface area contributed by atoms with Crippen molar-refractivity contribution in [1.82, 2.24) is 15.2 Å². The third-order valence-corrected chi connectivity index (χ3v) is 4.01. The average Bonchev–Trinajstić information content (AvgIpc) is 3.17. The Morgan fingerprint density at radius 2 is 2.14 bits per heavy atom. The normalized spacial score (nSPS) is 10.6. The number of thioether (sulfide) groups is 1. The lowest BCUT2D eigenvalue weighted by molar-refractivity contribution is -0.113. The number of aromatic nitrogens is 3. The second-order valence-corrected chi connectivity index (χ2v) is 5.88. The van der Waals surface area contributed by atoms with Gasteiger partial charge in [0.1, 0.15) is 5.82 Å². The number of anilines is 1. The molecule has 0 saturated carbocycles. The molecular formula is C13H9FN4O2S2. The van der Waals surface area contributed by atoms with Gasteiger partial charge in [0, 0.05) is 17.1 Å². The fraction of sp³-hybridized carbons (Fsp3) is 0.0769. The summed E-state index contributed by atoms with van der Waals surface area (Å²) in [6, 6.07) is 5.72. The van der Waals surface area contributed by atoms with Gasteiger partial charge in [-0.15, -0.1) is 21.5 Å². The molecule has 112 valence electrons. The Morgan fingerprint density at radius 1 is 1.32 bits per heavy atom. The van der Waals surface area contributed by atoms with Crippen LogP contribution in [0.5, 0.6) is 0 Å². The summed E-state index contributed by atoms with van der Waals surface area (Å²) in [5.41, 5.74) is 0.619. The van der Waals surface area contributed by atoms with E-state index in [1.54, 1.807) is 23.7 Å². The van der Waals surface area contributed by atoms with Gasteiger partial charge < -0.3 is 9.73 Å². The molecule has 22 heavy (non-hydrogen) atoms. The molecule has 1 amide bonds. The largest absolute Gasteiger partial charge is 0.411 e. The van der Waals surface area contributed by atoms with Crippen LogP contribution >= 0.6 is 23.1 Å². The SMILES string of the molecule is O=C(CSc1nnc(-c2ccc(F)cc2)o1)Nc1nccs1. The van der Waals surface area contributed by atoms with E-state index in [0.717, 1.165) is 11.8 Å². The Labute approximate surface area is 132 Å².